The molecule has 0 fully saturated rings. The third-order valence-electron chi connectivity index (χ3n) is 6.41. The molecule has 0 aliphatic heterocycles. The fraction of sp³-hybridized carbons (Fsp3) is 0.481. The van der Waals surface area contributed by atoms with Crippen LogP contribution in [-0.4, -0.2) is 50.0 Å². The van der Waals surface area contributed by atoms with E-state index in [0.717, 1.165) is 27.6 Å². The van der Waals surface area contributed by atoms with E-state index in [9.17, 15) is 18.0 Å². The standard InChI is InChI=1S/C27H38BrN3O4S/c1-7-20(3)29-27(33)22(5)30(18-23-12-9-13-24(28)17-23)26(32)15-10-16-31(36(6,34)35)25-14-8-11-19(2)21(25)4/h8-9,11-14,17,20,22H,7,10,15-16,18H2,1-6H3,(H,29,33)/t20-,22+/m0/s1. The SMILES string of the molecule is CC[C@H](C)NC(=O)[C@@H](C)N(Cc1cccc(Br)c1)C(=O)CCCN(c1cccc(C)c1C)S(C)(=O)=O. The molecule has 0 aliphatic carbocycles. The summed E-state index contributed by atoms with van der Waals surface area (Å²) in [5.41, 5.74) is 3.41. The van der Waals surface area contributed by atoms with Gasteiger partial charge in [-0.2, -0.15) is 0 Å². The number of sulfonamides is 1. The lowest BCUT2D eigenvalue weighted by molar-refractivity contribution is -0.140. The predicted molar refractivity (Wildman–Crippen MR) is 149 cm³/mol. The number of nitrogens with one attached hydrogen (secondary N) is 1. The smallest absolute Gasteiger partial charge is 0.242 e. The second kappa shape index (κ2) is 13.2. The van der Waals surface area contributed by atoms with E-state index < -0.39 is 16.1 Å². The van der Waals surface area contributed by atoms with E-state index in [0.29, 0.717) is 12.1 Å². The van der Waals surface area contributed by atoms with Crippen LogP contribution in [0.1, 0.15) is 56.7 Å². The maximum atomic E-state index is 13.4. The van der Waals surface area contributed by atoms with Gasteiger partial charge in [0.05, 0.1) is 11.9 Å². The van der Waals surface area contributed by atoms with Crippen molar-refractivity contribution in [1.82, 2.24) is 10.2 Å². The van der Waals surface area contributed by atoms with Crippen LogP contribution in [-0.2, 0) is 26.2 Å². The lowest BCUT2D eigenvalue weighted by Crippen LogP contribution is -2.49. The molecule has 0 bridgehead atoms. The van der Waals surface area contributed by atoms with E-state index >= 15 is 0 Å². The number of aryl methyl sites for hydroxylation is 1. The second-order valence-electron chi connectivity index (χ2n) is 9.30. The first-order valence-corrected chi connectivity index (χ1v) is 14.9. The predicted octanol–water partition coefficient (Wildman–Crippen LogP) is 4.94. The summed E-state index contributed by atoms with van der Waals surface area (Å²) in [5.74, 6) is -0.406. The molecule has 0 spiro atoms. The first-order valence-electron chi connectivity index (χ1n) is 12.2. The number of anilines is 1. The zero-order valence-corrected chi connectivity index (χ0v) is 24.4. The van der Waals surface area contributed by atoms with Crippen LogP contribution in [0.4, 0.5) is 5.69 Å². The van der Waals surface area contributed by atoms with Crippen molar-refractivity contribution in [3.8, 4) is 0 Å². The van der Waals surface area contributed by atoms with Gasteiger partial charge in [0.2, 0.25) is 21.8 Å². The molecule has 0 aromatic heterocycles. The van der Waals surface area contributed by atoms with Gasteiger partial charge in [0.25, 0.3) is 0 Å². The van der Waals surface area contributed by atoms with Crippen molar-refractivity contribution in [3.05, 3.63) is 63.6 Å². The third-order valence-corrected chi connectivity index (χ3v) is 8.08. The Bertz CT molecular complexity index is 1170. The molecule has 0 aliphatic rings. The van der Waals surface area contributed by atoms with Crippen molar-refractivity contribution >= 4 is 43.5 Å². The summed E-state index contributed by atoms with van der Waals surface area (Å²) in [5, 5.41) is 2.96. The Balaban J connectivity index is 2.21. The molecule has 2 amide bonds. The van der Waals surface area contributed by atoms with Gasteiger partial charge in [-0.1, -0.05) is 47.1 Å². The molecular weight excluding hydrogens is 542 g/mol. The summed E-state index contributed by atoms with van der Waals surface area (Å²) in [6.07, 6.45) is 2.41. The maximum absolute atomic E-state index is 13.4. The summed E-state index contributed by atoms with van der Waals surface area (Å²) in [4.78, 5) is 27.8. The number of hydrogen-bond donors (Lipinski definition) is 1. The minimum Gasteiger partial charge on any atom is -0.352 e. The molecule has 2 rings (SSSR count). The van der Waals surface area contributed by atoms with Crippen molar-refractivity contribution in [1.29, 1.82) is 0 Å². The van der Waals surface area contributed by atoms with Crippen LogP contribution in [0.5, 0.6) is 0 Å². The Morgan fingerprint density at radius 3 is 2.36 bits per heavy atom. The number of hydrogen-bond acceptors (Lipinski definition) is 4. The van der Waals surface area contributed by atoms with Crippen LogP contribution in [0.2, 0.25) is 0 Å². The van der Waals surface area contributed by atoms with E-state index in [1.54, 1.807) is 17.9 Å². The number of benzene rings is 2. The van der Waals surface area contributed by atoms with Crippen molar-refractivity contribution in [2.24, 2.45) is 0 Å². The summed E-state index contributed by atoms with van der Waals surface area (Å²) >= 11 is 3.46. The number of halogens is 1. The number of rotatable bonds is 12. The minimum absolute atomic E-state index is 0.00339. The molecule has 0 saturated carbocycles. The third kappa shape index (κ3) is 8.34. The van der Waals surface area contributed by atoms with Crippen LogP contribution in [0.15, 0.2) is 46.9 Å². The van der Waals surface area contributed by atoms with Gasteiger partial charge < -0.3 is 10.2 Å². The monoisotopic (exact) mass is 579 g/mol. The van der Waals surface area contributed by atoms with Gasteiger partial charge in [-0.25, -0.2) is 8.42 Å². The lowest BCUT2D eigenvalue weighted by Gasteiger charge is -2.30. The largest absolute Gasteiger partial charge is 0.352 e. The summed E-state index contributed by atoms with van der Waals surface area (Å²) in [6.45, 7) is 9.93. The Hall–Kier alpha value is -2.39. The normalized spacial score (nSPS) is 13.1. The fourth-order valence-electron chi connectivity index (χ4n) is 3.87. The van der Waals surface area contributed by atoms with Gasteiger partial charge in [0.15, 0.2) is 0 Å². The summed E-state index contributed by atoms with van der Waals surface area (Å²) in [6, 6.07) is 12.5. The number of amides is 2. The molecule has 0 heterocycles. The molecule has 2 atom stereocenters. The molecule has 2 aromatic carbocycles. The second-order valence-corrected chi connectivity index (χ2v) is 12.1. The quantitative estimate of drug-likeness (QED) is 0.385. The highest BCUT2D eigenvalue weighted by molar-refractivity contribution is 9.10. The van der Waals surface area contributed by atoms with E-state index in [4.69, 9.17) is 0 Å². The van der Waals surface area contributed by atoms with Crippen molar-refractivity contribution in [2.75, 3.05) is 17.1 Å². The Morgan fingerprint density at radius 1 is 1.08 bits per heavy atom. The maximum Gasteiger partial charge on any atom is 0.242 e. The van der Waals surface area contributed by atoms with Gasteiger partial charge in [-0.15, -0.1) is 0 Å². The van der Waals surface area contributed by atoms with Crippen LogP contribution < -0.4 is 9.62 Å². The van der Waals surface area contributed by atoms with E-state index in [1.165, 1.54) is 10.6 Å². The van der Waals surface area contributed by atoms with Gasteiger partial charge in [0, 0.05) is 30.0 Å². The number of carbonyl (C=O) groups is 2. The molecule has 0 radical (unpaired) electrons. The topological polar surface area (TPSA) is 86.8 Å². The van der Waals surface area contributed by atoms with Crippen LogP contribution in [0.3, 0.4) is 0 Å². The molecule has 9 heteroatoms. The summed E-state index contributed by atoms with van der Waals surface area (Å²) in [7, 11) is -3.54. The van der Waals surface area contributed by atoms with Crippen molar-refractivity contribution in [3.63, 3.8) is 0 Å². The zero-order valence-electron chi connectivity index (χ0n) is 22.0. The Morgan fingerprint density at radius 2 is 1.75 bits per heavy atom. The highest BCUT2D eigenvalue weighted by Gasteiger charge is 2.27. The molecule has 2 aromatic rings. The number of carbonyl (C=O) groups excluding carboxylic acids is 2. The van der Waals surface area contributed by atoms with Gasteiger partial charge in [-0.3, -0.25) is 13.9 Å². The average Bonchev–Trinajstić information content (AvgIpc) is 2.81. The van der Waals surface area contributed by atoms with E-state index in [2.05, 4.69) is 21.2 Å². The zero-order chi connectivity index (χ0) is 27.0. The molecular formula is C27H38BrN3O4S. The van der Waals surface area contributed by atoms with Crippen LogP contribution >= 0.6 is 15.9 Å². The average molecular weight is 581 g/mol. The number of nitrogens with zero attached hydrogens (tertiary/aromatic N) is 2. The molecule has 0 saturated heterocycles. The van der Waals surface area contributed by atoms with Crippen molar-refractivity contribution in [2.45, 2.75) is 72.5 Å². The van der Waals surface area contributed by atoms with Crippen LogP contribution in [0.25, 0.3) is 0 Å². The van der Waals surface area contributed by atoms with E-state index in [-0.39, 0.29) is 37.4 Å². The van der Waals surface area contributed by atoms with Gasteiger partial charge >= 0.3 is 0 Å². The first-order chi connectivity index (χ1) is 16.8. The molecule has 1 N–H and O–H groups in total. The van der Waals surface area contributed by atoms with Crippen LogP contribution in [0, 0.1) is 13.8 Å². The highest BCUT2D eigenvalue weighted by Crippen LogP contribution is 2.25. The fourth-order valence-corrected chi connectivity index (χ4v) is 5.33. The van der Waals surface area contributed by atoms with Gasteiger partial charge in [0.1, 0.15) is 6.04 Å². The Labute approximate surface area is 224 Å². The van der Waals surface area contributed by atoms with Crippen molar-refractivity contribution < 1.29 is 18.0 Å². The van der Waals surface area contributed by atoms with Gasteiger partial charge in [-0.05, 0) is 75.4 Å². The highest BCUT2D eigenvalue weighted by atomic mass is 79.9. The molecule has 198 valence electrons. The Kier molecular flexibility index (Phi) is 11.0. The minimum atomic E-state index is -3.54. The van der Waals surface area contributed by atoms with E-state index in [1.807, 2.05) is 64.1 Å². The summed E-state index contributed by atoms with van der Waals surface area (Å²) < 4.78 is 27.4. The molecule has 7 nitrogen and oxygen atoms in total. The first kappa shape index (κ1) is 29.8. The molecule has 36 heavy (non-hydrogen) atoms. The lowest BCUT2D eigenvalue weighted by atomic mass is 10.1. The molecule has 0 unspecified atom stereocenters.